The van der Waals surface area contributed by atoms with Crippen molar-refractivity contribution in [3.05, 3.63) is 94.2 Å². The van der Waals surface area contributed by atoms with Crippen LogP contribution >= 0.6 is 0 Å². The van der Waals surface area contributed by atoms with E-state index in [-0.39, 0.29) is 17.5 Å². The fourth-order valence-corrected chi connectivity index (χ4v) is 4.16. The molecule has 1 aliphatic rings. The topological polar surface area (TPSA) is 58.6 Å². The maximum atomic E-state index is 13.8. The molecule has 3 aromatic carbocycles. The fourth-order valence-electron chi connectivity index (χ4n) is 4.16. The second kappa shape index (κ2) is 8.94. The van der Waals surface area contributed by atoms with Crippen LogP contribution in [-0.4, -0.2) is 18.4 Å². The molecule has 0 atom stereocenters. The molecule has 0 unspecified atom stereocenters. The number of hydrogen-bond acceptors (Lipinski definition) is 4. The van der Waals surface area contributed by atoms with Crippen molar-refractivity contribution >= 4 is 28.8 Å². The average Bonchev–Trinajstić information content (AvgIpc) is 3.00. The molecule has 5 nitrogen and oxygen atoms in total. The molecule has 5 heteroatoms. The number of rotatable bonds is 6. The minimum absolute atomic E-state index is 0.265. The van der Waals surface area contributed by atoms with E-state index in [1.165, 1.54) is 4.90 Å². The van der Waals surface area contributed by atoms with Gasteiger partial charge in [-0.3, -0.25) is 9.59 Å². The molecule has 2 amide bonds. The van der Waals surface area contributed by atoms with Crippen molar-refractivity contribution in [3.8, 4) is 5.75 Å². The fraction of sp³-hybridized carbons (Fsp3) is 0.214. The molecule has 3 aromatic rings. The van der Waals surface area contributed by atoms with Gasteiger partial charge in [0.2, 0.25) is 0 Å². The molecule has 0 bridgehead atoms. The Bertz CT molecular complexity index is 1290. The third kappa shape index (κ3) is 4.14. The highest BCUT2D eigenvalue weighted by Gasteiger charge is 2.41. The first-order valence-electron chi connectivity index (χ1n) is 11.1. The number of hydrogen-bond donors (Lipinski definition) is 1. The molecule has 4 rings (SSSR count). The molecule has 1 heterocycles. The van der Waals surface area contributed by atoms with Crippen molar-refractivity contribution in [1.82, 2.24) is 0 Å². The quantitative estimate of drug-likeness (QED) is 0.499. The molecule has 0 spiro atoms. The summed E-state index contributed by atoms with van der Waals surface area (Å²) in [6.07, 6.45) is 0. The minimum Gasteiger partial charge on any atom is -0.494 e. The Labute approximate surface area is 194 Å². The molecule has 0 radical (unpaired) electrons. The van der Waals surface area contributed by atoms with Crippen molar-refractivity contribution in [2.45, 2.75) is 34.6 Å². The van der Waals surface area contributed by atoms with Crippen LogP contribution in [-0.2, 0) is 9.59 Å². The van der Waals surface area contributed by atoms with E-state index in [0.29, 0.717) is 29.3 Å². The summed E-state index contributed by atoms with van der Waals surface area (Å²) in [6.45, 7) is 10.3. The predicted molar refractivity (Wildman–Crippen MR) is 132 cm³/mol. The van der Waals surface area contributed by atoms with Crippen LogP contribution in [0, 0.1) is 27.7 Å². The van der Waals surface area contributed by atoms with Crippen molar-refractivity contribution in [3.63, 3.8) is 0 Å². The Kier molecular flexibility index (Phi) is 6.05. The van der Waals surface area contributed by atoms with E-state index in [4.69, 9.17) is 4.74 Å². The van der Waals surface area contributed by atoms with Gasteiger partial charge < -0.3 is 10.1 Å². The number of amides is 2. The summed E-state index contributed by atoms with van der Waals surface area (Å²) in [6, 6.07) is 18.9. The van der Waals surface area contributed by atoms with E-state index in [1.807, 2.05) is 95.3 Å². The molecular formula is C28H28N2O3. The van der Waals surface area contributed by atoms with Crippen molar-refractivity contribution in [2.75, 3.05) is 16.8 Å². The lowest BCUT2D eigenvalue weighted by molar-refractivity contribution is -0.120. The Morgan fingerprint density at radius 3 is 2.33 bits per heavy atom. The summed E-state index contributed by atoms with van der Waals surface area (Å²) in [5.74, 6) is -0.00562. The van der Waals surface area contributed by atoms with E-state index in [9.17, 15) is 9.59 Å². The Morgan fingerprint density at radius 2 is 1.61 bits per heavy atom. The maximum absolute atomic E-state index is 13.8. The van der Waals surface area contributed by atoms with Gasteiger partial charge >= 0.3 is 0 Å². The van der Waals surface area contributed by atoms with E-state index < -0.39 is 0 Å². The van der Waals surface area contributed by atoms with Crippen LogP contribution in [0.2, 0.25) is 0 Å². The first-order chi connectivity index (χ1) is 15.8. The van der Waals surface area contributed by atoms with Crippen molar-refractivity contribution < 1.29 is 14.3 Å². The predicted octanol–water partition coefficient (Wildman–Crippen LogP) is 5.72. The summed E-state index contributed by atoms with van der Waals surface area (Å²) in [5.41, 5.74) is 6.63. The van der Waals surface area contributed by atoms with Gasteiger partial charge in [-0.1, -0.05) is 42.0 Å². The standard InChI is InChI=1S/C28H28N2O3/c1-6-33-22-11-8-10-21(16-22)29-26-25(23-14-13-17(2)15-19(23)4)27(31)30(28(26)32)24-12-7-9-18(3)20(24)5/h7-16,29H,6H2,1-5H3. The number of carbonyl (C=O) groups excluding carboxylic acids is 2. The van der Waals surface area contributed by atoms with Gasteiger partial charge in [-0.15, -0.1) is 0 Å². The number of nitrogens with zero attached hydrogens (tertiary/aromatic N) is 1. The zero-order valence-corrected chi connectivity index (χ0v) is 19.7. The largest absolute Gasteiger partial charge is 0.494 e. The number of anilines is 2. The highest BCUT2D eigenvalue weighted by Crippen LogP contribution is 2.37. The summed E-state index contributed by atoms with van der Waals surface area (Å²) in [7, 11) is 0. The van der Waals surface area contributed by atoms with Gasteiger partial charge in [-0.05, 0) is 75.1 Å². The minimum atomic E-state index is -0.370. The molecule has 1 N–H and O–H groups in total. The van der Waals surface area contributed by atoms with E-state index in [1.54, 1.807) is 0 Å². The number of carbonyl (C=O) groups is 2. The van der Waals surface area contributed by atoms with Gasteiger partial charge in [0.1, 0.15) is 11.4 Å². The smallest absolute Gasteiger partial charge is 0.282 e. The van der Waals surface area contributed by atoms with E-state index in [2.05, 4.69) is 5.32 Å². The summed E-state index contributed by atoms with van der Waals surface area (Å²) in [4.78, 5) is 28.8. The first kappa shape index (κ1) is 22.3. The van der Waals surface area contributed by atoms with Crippen LogP contribution in [0.4, 0.5) is 11.4 Å². The van der Waals surface area contributed by atoms with Gasteiger partial charge in [-0.25, -0.2) is 4.90 Å². The number of imide groups is 1. The van der Waals surface area contributed by atoms with Crippen LogP contribution in [0.25, 0.3) is 5.57 Å². The highest BCUT2D eigenvalue weighted by molar-refractivity contribution is 6.46. The number of benzene rings is 3. The van der Waals surface area contributed by atoms with Gasteiger partial charge in [0.25, 0.3) is 11.8 Å². The molecule has 1 aliphatic heterocycles. The lowest BCUT2D eigenvalue weighted by atomic mass is 9.97. The molecular weight excluding hydrogens is 412 g/mol. The number of ether oxygens (including phenoxy) is 1. The molecule has 0 aliphatic carbocycles. The third-order valence-electron chi connectivity index (χ3n) is 5.97. The molecule has 168 valence electrons. The van der Waals surface area contributed by atoms with E-state index >= 15 is 0 Å². The average molecular weight is 441 g/mol. The molecule has 0 fully saturated rings. The molecule has 0 aromatic heterocycles. The summed E-state index contributed by atoms with van der Waals surface area (Å²) >= 11 is 0. The monoisotopic (exact) mass is 440 g/mol. The Balaban J connectivity index is 1.86. The summed E-state index contributed by atoms with van der Waals surface area (Å²) < 4.78 is 5.60. The Hall–Kier alpha value is -3.86. The van der Waals surface area contributed by atoms with Gasteiger partial charge in [0.15, 0.2) is 0 Å². The van der Waals surface area contributed by atoms with Crippen LogP contribution in [0.15, 0.2) is 66.4 Å². The molecule has 0 saturated heterocycles. The van der Waals surface area contributed by atoms with Crippen LogP contribution in [0.1, 0.15) is 34.7 Å². The van der Waals surface area contributed by atoms with E-state index in [0.717, 1.165) is 27.8 Å². The SMILES string of the molecule is CCOc1cccc(NC2=C(c3ccc(C)cc3C)C(=O)N(c3cccc(C)c3C)C2=O)c1. The van der Waals surface area contributed by atoms with Crippen LogP contribution < -0.4 is 15.0 Å². The second-order valence-electron chi connectivity index (χ2n) is 8.32. The third-order valence-corrected chi connectivity index (χ3v) is 5.97. The summed E-state index contributed by atoms with van der Waals surface area (Å²) in [5, 5.41) is 3.23. The highest BCUT2D eigenvalue weighted by atomic mass is 16.5. The molecule has 0 saturated carbocycles. The van der Waals surface area contributed by atoms with Gasteiger partial charge in [-0.2, -0.15) is 0 Å². The van der Waals surface area contributed by atoms with Crippen molar-refractivity contribution in [2.24, 2.45) is 0 Å². The lowest BCUT2D eigenvalue weighted by Crippen LogP contribution is -2.33. The number of aryl methyl sites for hydroxylation is 3. The van der Waals surface area contributed by atoms with Crippen molar-refractivity contribution in [1.29, 1.82) is 0 Å². The van der Waals surface area contributed by atoms with Gasteiger partial charge in [0.05, 0.1) is 17.9 Å². The first-order valence-corrected chi connectivity index (χ1v) is 11.1. The Morgan fingerprint density at radius 1 is 0.848 bits per heavy atom. The normalized spacial score (nSPS) is 13.7. The molecule has 33 heavy (non-hydrogen) atoms. The van der Waals surface area contributed by atoms with Crippen LogP contribution in [0.3, 0.4) is 0 Å². The second-order valence-corrected chi connectivity index (χ2v) is 8.32. The zero-order chi connectivity index (χ0) is 23.7. The zero-order valence-electron chi connectivity index (χ0n) is 19.7. The lowest BCUT2D eigenvalue weighted by Gasteiger charge is -2.19. The van der Waals surface area contributed by atoms with Crippen LogP contribution in [0.5, 0.6) is 5.75 Å². The van der Waals surface area contributed by atoms with Gasteiger partial charge in [0, 0.05) is 11.8 Å². The maximum Gasteiger partial charge on any atom is 0.282 e. The number of nitrogens with one attached hydrogen (secondary N) is 1.